The second kappa shape index (κ2) is 8.02. The Morgan fingerprint density at radius 3 is 2.53 bits per heavy atom. The van der Waals surface area contributed by atoms with Crippen molar-refractivity contribution in [1.82, 2.24) is 25.1 Å². The number of nitrogens with one attached hydrogen (secondary N) is 2. The van der Waals surface area contributed by atoms with E-state index in [1.807, 2.05) is 32.9 Å². The van der Waals surface area contributed by atoms with Crippen molar-refractivity contribution in [3.8, 4) is 28.3 Å². The van der Waals surface area contributed by atoms with E-state index in [0.717, 1.165) is 78.5 Å². The van der Waals surface area contributed by atoms with Crippen LogP contribution in [0.25, 0.3) is 50.5 Å². The van der Waals surface area contributed by atoms with Crippen LogP contribution in [0.1, 0.15) is 34.1 Å². The van der Waals surface area contributed by atoms with E-state index < -0.39 is 0 Å². The van der Waals surface area contributed by atoms with Gasteiger partial charge in [0.05, 0.1) is 29.4 Å². The highest BCUT2D eigenvalue weighted by atomic mass is 16.5. The van der Waals surface area contributed by atoms with Gasteiger partial charge in [0.25, 0.3) is 0 Å². The zero-order chi connectivity index (χ0) is 24.1. The minimum atomic E-state index is 0.696. The van der Waals surface area contributed by atoms with E-state index in [4.69, 9.17) is 19.2 Å². The van der Waals surface area contributed by atoms with Crippen LogP contribution in [0.5, 0.6) is 5.75 Å². The second-order valence-corrected chi connectivity index (χ2v) is 8.52. The molecule has 0 aliphatic rings. The molecule has 4 heterocycles. The third-order valence-corrected chi connectivity index (χ3v) is 6.32. The van der Waals surface area contributed by atoms with E-state index in [1.165, 1.54) is 0 Å². The van der Waals surface area contributed by atoms with E-state index >= 15 is 0 Å². The molecular weight excluding hydrogens is 426 g/mol. The smallest absolute Gasteiger partial charge is 0.142 e. The molecule has 0 radical (unpaired) electrons. The maximum atomic E-state index is 5.82. The molecule has 0 amide bonds. The highest BCUT2D eigenvalue weighted by Gasteiger charge is 2.22. The summed E-state index contributed by atoms with van der Waals surface area (Å²) in [6, 6.07) is 4.12. The summed E-state index contributed by atoms with van der Waals surface area (Å²) in [4.78, 5) is 16.6. The number of benzene rings is 1. The molecule has 5 rings (SSSR count). The van der Waals surface area contributed by atoms with E-state index in [-0.39, 0.29) is 0 Å². The summed E-state index contributed by atoms with van der Waals surface area (Å²) in [5.74, 6) is 2.19. The molecule has 0 aliphatic heterocycles. The van der Waals surface area contributed by atoms with Gasteiger partial charge in [0.2, 0.25) is 0 Å². The molecule has 0 aliphatic carbocycles. The lowest BCUT2D eigenvalue weighted by Gasteiger charge is -2.09. The Hall–Kier alpha value is -4.13. The molecule has 34 heavy (non-hydrogen) atoms. The first-order chi connectivity index (χ1) is 16.3. The number of fused-ring (bicyclic) bond motifs is 3. The molecule has 0 atom stereocenters. The van der Waals surface area contributed by atoms with Crippen LogP contribution in [0.3, 0.4) is 0 Å². The molecule has 0 saturated carbocycles. The number of rotatable bonds is 5. The van der Waals surface area contributed by atoms with E-state index in [1.54, 1.807) is 13.2 Å². The molecule has 0 saturated heterocycles. The second-order valence-electron chi connectivity index (χ2n) is 8.52. The zero-order valence-electron chi connectivity index (χ0n) is 20.3. The number of aryl methyl sites for hydroxylation is 4. The Bertz CT molecular complexity index is 1590. The third kappa shape index (κ3) is 3.23. The summed E-state index contributed by atoms with van der Waals surface area (Å²) in [5, 5.41) is 6.06. The monoisotopic (exact) mass is 453 g/mol. The van der Waals surface area contributed by atoms with Gasteiger partial charge in [-0.3, -0.25) is 0 Å². The lowest BCUT2D eigenvalue weighted by Crippen LogP contribution is -1.95. The van der Waals surface area contributed by atoms with Gasteiger partial charge in [0, 0.05) is 22.2 Å². The van der Waals surface area contributed by atoms with Crippen LogP contribution in [0, 0.1) is 34.6 Å². The largest absolute Gasteiger partial charge is 0.496 e. The first-order valence-electron chi connectivity index (χ1n) is 11.1. The van der Waals surface area contributed by atoms with Crippen LogP contribution in [-0.2, 0) is 0 Å². The van der Waals surface area contributed by atoms with Gasteiger partial charge in [-0.05, 0) is 57.9 Å². The van der Waals surface area contributed by atoms with Crippen LogP contribution in [0.15, 0.2) is 35.4 Å². The Morgan fingerprint density at radius 1 is 1.06 bits per heavy atom. The van der Waals surface area contributed by atoms with Gasteiger partial charge in [-0.25, -0.2) is 9.97 Å². The molecule has 7 heteroatoms. The fraction of sp³-hybridized carbons (Fsp3) is 0.222. The molecule has 5 aromatic rings. The Morgan fingerprint density at radius 2 is 1.85 bits per heavy atom. The summed E-state index contributed by atoms with van der Waals surface area (Å²) < 4.78 is 11.2. The van der Waals surface area contributed by atoms with E-state index in [9.17, 15) is 0 Å². The number of allylic oxidation sites excluding steroid dienone is 2. The first kappa shape index (κ1) is 21.7. The Kier molecular flexibility index (Phi) is 5.12. The first-order valence-corrected chi connectivity index (χ1v) is 11.1. The Labute approximate surface area is 197 Å². The number of ether oxygens (including phenoxy) is 1. The summed E-state index contributed by atoms with van der Waals surface area (Å²) in [6.45, 7) is 13.7. The molecule has 0 spiro atoms. The maximum absolute atomic E-state index is 5.82. The quantitative estimate of drug-likeness (QED) is 0.296. The van der Waals surface area contributed by atoms with E-state index in [0.29, 0.717) is 5.82 Å². The van der Waals surface area contributed by atoms with Gasteiger partial charge in [0.1, 0.15) is 28.7 Å². The van der Waals surface area contributed by atoms with Crippen LogP contribution in [-0.4, -0.2) is 32.2 Å². The van der Waals surface area contributed by atoms with Crippen molar-refractivity contribution in [1.29, 1.82) is 0 Å². The normalized spacial score (nSPS) is 11.8. The predicted molar refractivity (Wildman–Crippen MR) is 136 cm³/mol. The van der Waals surface area contributed by atoms with Gasteiger partial charge >= 0.3 is 0 Å². The topological polar surface area (TPSA) is 92.6 Å². The number of aromatic nitrogens is 5. The van der Waals surface area contributed by atoms with Gasteiger partial charge in [-0.1, -0.05) is 30.0 Å². The van der Waals surface area contributed by atoms with Crippen LogP contribution < -0.4 is 4.74 Å². The van der Waals surface area contributed by atoms with Gasteiger partial charge in [-0.15, -0.1) is 0 Å². The minimum Gasteiger partial charge on any atom is -0.496 e. The summed E-state index contributed by atoms with van der Waals surface area (Å²) >= 11 is 0. The third-order valence-electron chi connectivity index (χ3n) is 6.32. The van der Waals surface area contributed by atoms with Crippen LogP contribution in [0.4, 0.5) is 0 Å². The van der Waals surface area contributed by atoms with Crippen LogP contribution >= 0.6 is 0 Å². The average Bonchev–Trinajstić information content (AvgIpc) is 3.42. The van der Waals surface area contributed by atoms with E-state index in [2.05, 4.69) is 47.7 Å². The number of hydrogen-bond donors (Lipinski definition) is 2. The number of aromatic amines is 2. The standard InChI is InChI=1S/C27H27N5O2/c1-8-9-10-18-13(2)25(28-14(18)3)26-24-19-12-22(33-7)20(23-15(4)32-34-16(23)5)11-21(19)31-27(24)30-17(6)29-26/h8-12,28H,1H2,2-7H3,(H,29,30,31)/b10-9-. The Balaban J connectivity index is 1.83. The molecule has 4 aromatic heterocycles. The maximum Gasteiger partial charge on any atom is 0.142 e. The molecule has 0 bridgehead atoms. The predicted octanol–water partition coefficient (Wildman–Crippen LogP) is 6.51. The fourth-order valence-corrected chi connectivity index (χ4v) is 4.76. The molecule has 7 nitrogen and oxygen atoms in total. The number of methoxy groups -OCH3 is 1. The summed E-state index contributed by atoms with van der Waals surface area (Å²) in [6.07, 6.45) is 5.79. The molecule has 0 fully saturated rings. The number of hydrogen-bond acceptors (Lipinski definition) is 5. The lowest BCUT2D eigenvalue weighted by molar-refractivity contribution is 0.393. The molecule has 172 valence electrons. The SMILES string of the molecule is C=C/C=C\c1c(C)[nH]c(-c2nc(C)nc3[nH]c4cc(-c5c(C)noc5C)c(OC)cc4c23)c1C. The van der Waals surface area contributed by atoms with Crippen molar-refractivity contribution >= 4 is 28.0 Å². The van der Waals surface area contributed by atoms with Crippen molar-refractivity contribution in [2.45, 2.75) is 34.6 Å². The number of nitrogens with zero attached hydrogens (tertiary/aromatic N) is 3. The fourth-order valence-electron chi connectivity index (χ4n) is 4.76. The summed E-state index contributed by atoms with van der Waals surface area (Å²) in [7, 11) is 1.68. The minimum absolute atomic E-state index is 0.696. The number of H-pyrrole nitrogens is 2. The molecule has 2 N–H and O–H groups in total. The molecule has 0 unspecified atom stereocenters. The molecule has 1 aromatic carbocycles. The van der Waals surface area contributed by atoms with Gasteiger partial charge in [-0.2, -0.15) is 0 Å². The van der Waals surface area contributed by atoms with Crippen molar-refractivity contribution < 1.29 is 9.26 Å². The van der Waals surface area contributed by atoms with Gasteiger partial charge in [0.15, 0.2) is 0 Å². The van der Waals surface area contributed by atoms with Crippen molar-refractivity contribution in [2.24, 2.45) is 0 Å². The average molecular weight is 454 g/mol. The molecular formula is C27H27N5O2. The van der Waals surface area contributed by atoms with Crippen molar-refractivity contribution in [2.75, 3.05) is 7.11 Å². The lowest BCUT2D eigenvalue weighted by atomic mass is 10.00. The van der Waals surface area contributed by atoms with Gasteiger partial charge < -0.3 is 19.2 Å². The van der Waals surface area contributed by atoms with Crippen LogP contribution in [0.2, 0.25) is 0 Å². The van der Waals surface area contributed by atoms with Crippen molar-refractivity contribution in [3.63, 3.8) is 0 Å². The highest BCUT2D eigenvalue weighted by molar-refractivity contribution is 6.13. The summed E-state index contributed by atoms with van der Waals surface area (Å²) in [5.41, 5.74) is 9.59. The highest BCUT2D eigenvalue weighted by Crippen LogP contribution is 2.42. The van der Waals surface area contributed by atoms with Crippen molar-refractivity contribution in [3.05, 3.63) is 65.0 Å². The zero-order valence-corrected chi connectivity index (χ0v) is 20.3.